The number of carbonyl (C=O) groups is 1. The Bertz CT molecular complexity index is 1010. The number of hydrogen-bond acceptors (Lipinski definition) is 4. The molecule has 1 aromatic heterocycles. The van der Waals surface area contributed by atoms with Gasteiger partial charge < -0.3 is 20.4 Å². The van der Waals surface area contributed by atoms with Crippen LogP contribution in [0, 0.1) is 6.92 Å². The summed E-state index contributed by atoms with van der Waals surface area (Å²) in [5.41, 5.74) is 4.91. The number of nitrogens with zero attached hydrogens (tertiary/aromatic N) is 2. The second-order valence-corrected chi connectivity index (χ2v) is 7.26. The number of guanidine groups is 1. The lowest BCUT2D eigenvalue weighted by molar-refractivity contribution is -0.114. The fourth-order valence-electron chi connectivity index (χ4n) is 2.99. The van der Waals surface area contributed by atoms with Gasteiger partial charge in [-0.15, -0.1) is 24.0 Å². The summed E-state index contributed by atoms with van der Waals surface area (Å²) in [4.78, 5) is 20.3. The van der Waals surface area contributed by atoms with Gasteiger partial charge in [-0.25, -0.2) is 9.98 Å². The lowest BCUT2D eigenvalue weighted by Gasteiger charge is -2.11. The van der Waals surface area contributed by atoms with Crippen LogP contribution in [0.25, 0.3) is 11.5 Å². The van der Waals surface area contributed by atoms with Gasteiger partial charge in [-0.2, -0.15) is 0 Å². The lowest BCUT2D eigenvalue weighted by atomic mass is 10.1. The third-order valence-electron chi connectivity index (χ3n) is 4.57. The topological polar surface area (TPSA) is 91.6 Å². The van der Waals surface area contributed by atoms with Crippen molar-refractivity contribution >= 4 is 41.5 Å². The van der Waals surface area contributed by atoms with E-state index in [1.807, 2.05) is 55.5 Å². The molecule has 32 heavy (non-hydrogen) atoms. The zero-order valence-electron chi connectivity index (χ0n) is 18.6. The van der Waals surface area contributed by atoms with E-state index in [9.17, 15) is 4.79 Å². The molecule has 2 aromatic carbocycles. The Morgan fingerprint density at radius 1 is 1.06 bits per heavy atom. The molecule has 0 bridgehead atoms. The van der Waals surface area contributed by atoms with Gasteiger partial charge in [-0.3, -0.25) is 4.79 Å². The van der Waals surface area contributed by atoms with Gasteiger partial charge >= 0.3 is 0 Å². The molecule has 3 N–H and O–H groups in total. The number of halogens is 1. The molecule has 0 aliphatic heterocycles. The van der Waals surface area contributed by atoms with Gasteiger partial charge in [0.2, 0.25) is 11.8 Å². The molecule has 1 amide bonds. The second kappa shape index (κ2) is 12.8. The quantitative estimate of drug-likeness (QED) is 0.219. The zero-order chi connectivity index (χ0) is 22.1. The number of oxazole rings is 1. The summed E-state index contributed by atoms with van der Waals surface area (Å²) in [6.07, 6.45) is 2.49. The van der Waals surface area contributed by atoms with Crippen molar-refractivity contribution < 1.29 is 9.21 Å². The lowest BCUT2D eigenvalue weighted by Crippen LogP contribution is -2.38. The van der Waals surface area contributed by atoms with E-state index in [0.29, 0.717) is 12.4 Å². The Balaban J connectivity index is 0.00000363. The number of aromatic nitrogens is 1. The summed E-state index contributed by atoms with van der Waals surface area (Å²) in [5, 5.41) is 9.36. The molecular weight excluding hydrogens is 517 g/mol. The largest absolute Gasteiger partial charge is 0.444 e. The molecule has 3 aromatic rings. The van der Waals surface area contributed by atoms with Crippen LogP contribution in [0.4, 0.5) is 5.69 Å². The number of benzene rings is 2. The van der Waals surface area contributed by atoms with Gasteiger partial charge in [0, 0.05) is 31.3 Å². The molecule has 0 aliphatic rings. The minimum absolute atomic E-state index is 0. The molecule has 0 saturated carbocycles. The van der Waals surface area contributed by atoms with Crippen LogP contribution >= 0.6 is 24.0 Å². The van der Waals surface area contributed by atoms with Gasteiger partial charge in [0.25, 0.3) is 0 Å². The first-order valence-corrected chi connectivity index (χ1v) is 10.4. The standard InChI is InChI=1S/C24H29N5O2.HI/c1-4-25-24(26-14-13-19-7-11-21(12-8-19)28-18(3)30)27-15-22-16-31-23(29-22)20-9-5-17(2)6-10-20;/h5-12,16H,4,13-15H2,1-3H3,(H,28,30)(H2,25,26,27);1H. The highest BCUT2D eigenvalue weighted by atomic mass is 127. The van der Waals surface area contributed by atoms with Crippen LogP contribution in [-0.4, -0.2) is 29.9 Å². The fraction of sp³-hybridized carbons (Fsp3) is 0.292. The van der Waals surface area contributed by atoms with E-state index in [1.165, 1.54) is 18.1 Å². The van der Waals surface area contributed by atoms with Crippen molar-refractivity contribution in [2.75, 3.05) is 18.4 Å². The predicted octanol–water partition coefficient (Wildman–Crippen LogP) is 4.52. The highest BCUT2D eigenvalue weighted by molar-refractivity contribution is 14.0. The maximum atomic E-state index is 11.1. The minimum Gasteiger partial charge on any atom is -0.444 e. The molecule has 0 spiro atoms. The Morgan fingerprint density at radius 3 is 2.44 bits per heavy atom. The number of aryl methyl sites for hydroxylation is 1. The fourth-order valence-corrected chi connectivity index (χ4v) is 2.99. The Kier molecular flexibility index (Phi) is 10.2. The third-order valence-corrected chi connectivity index (χ3v) is 4.57. The summed E-state index contributed by atoms with van der Waals surface area (Å²) in [6, 6.07) is 15.9. The maximum Gasteiger partial charge on any atom is 0.226 e. The van der Waals surface area contributed by atoms with Gasteiger partial charge in [0.15, 0.2) is 5.96 Å². The van der Waals surface area contributed by atoms with Crippen molar-refractivity contribution in [1.82, 2.24) is 15.6 Å². The van der Waals surface area contributed by atoms with E-state index in [1.54, 1.807) is 6.26 Å². The molecule has 0 aliphatic carbocycles. The number of aliphatic imine (C=N–C) groups is 1. The van der Waals surface area contributed by atoms with Crippen molar-refractivity contribution in [3.05, 3.63) is 71.6 Å². The highest BCUT2D eigenvalue weighted by Gasteiger charge is 2.07. The van der Waals surface area contributed by atoms with Gasteiger partial charge in [0.05, 0.1) is 6.54 Å². The highest BCUT2D eigenvalue weighted by Crippen LogP contribution is 2.19. The van der Waals surface area contributed by atoms with Crippen molar-refractivity contribution in [2.24, 2.45) is 4.99 Å². The minimum atomic E-state index is -0.0704. The van der Waals surface area contributed by atoms with E-state index in [2.05, 4.69) is 32.9 Å². The van der Waals surface area contributed by atoms with Crippen molar-refractivity contribution in [2.45, 2.75) is 33.7 Å². The molecule has 7 nitrogen and oxygen atoms in total. The van der Waals surface area contributed by atoms with E-state index >= 15 is 0 Å². The predicted molar refractivity (Wildman–Crippen MR) is 139 cm³/mol. The normalized spacial score (nSPS) is 10.9. The molecule has 3 rings (SSSR count). The molecular formula is C24H30IN5O2. The average molecular weight is 547 g/mol. The van der Waals surface area contributed by atoms with Crippen LogP contribution in [0.1, 0.15) is 30.7 Å². The number of anilines is 1. The molecule has 1 heterocycles. The first kappa shape index (κ1) is 25.4. The van der Waals surface area contributed by atoms with Crippen LogP contribution < -0.4 is 16.0 Å². The number of carbonyl (C=O) groups excluding carboxylic acids is 1. The molecule has 0 radical (unpaired) electrons. The third kappa shape index (κ3) is 7.99. The Hall–Kier alpha value is -2.88. The maximum absolute atomic E-state index is 11.1. The van der Waals surface area contributed by atoms with Crippen LogP contribution in [0.2, 0.25) is 0 Å². The Labute approximate surface area is 206 Å². The van der Waals surface area contributed by atoms with Gasteiger partial charge in [-0.1, -0.05) is 29.8 Å². The van der Waals surface area contributed by atoms with Crippen molar-refractivity contribution in [3.8, 4) is 11.5 Å². The first-order valence-electron chi connectivity index (χ1n) is 10.4. The zero-order valence-corrected chi connectivity index (χ0v) is 21.0. The van der Waals surface area contributed by atoms with E-state index in [4.69, 9.17) is 4.42 Å². The number of rotatable bonds is 8. The molecule has 0 fully saturated rings. The number of amides is 1. The summed E-state index contributed by atoms with van der Waals surface area (Å²) >= 11 is 0. The van der Waals surface area contributed by atoms with E-state index < -0.39 is 0 Å². The summed E-state index contributed by atoms with van der Waals surface area (Å²) in [5.74, 6) is 1.27. The van der Waals surface area contributed by atoms with Crippen molar-refractivity contribution in [3.63, 3.8) is 0 Å². The molecule has 0 atom stereocenters. The SMILES string of the molecule is CCNC(=NCc1coc(-c2ccc(C)cc2)n1)NCCc1ccc(NC(C)=O)cc1.I. The van der Waals surface area contributed by atoms with Gasteiger partial charge in [0.1, 0.15) is 12.0 Å². The second-order valence-electron chi connectivity index (χ2n) is 7.26. The van der Waals surface area contributed by atoms with Crippen LogP contribution in [-0.2, 0) is 17.8 Å². The Morgan fingerprint density at radius 2 is 1.78 bits per heavy atom. The van der Waals surface area contributed by atoms with Gasteiger partial charge in [-0.05, 0) is 50.1 Å². The summed E-state index contributed by atoms with van der Waals surface area (Å²) in [7, 11) is 0. The monoisotopic (exact) mass is 547 g/mol. The van der Waals surface area contributed by atoms with Crippen LogP contribution in [0.15, 0.2) is 64.2 Å². The number of hydrogen-bond donors (Lipinski definition) is 3. The van der Waals surface area contributed by atoms with Crippen LogP contribution in [0.5, 0.6) is 0 Å². The van der Waals surface area contributed by atoms with Crippen molar-refractivity contribution in [1.29, 1.82) is 0 Å². The molecule has 0 unspecified atom stereocenters. The van der Waals surface area contributed by atoms with Crippen LogP contribution in [0.3, 0.4) is 0 Å². The summed E-state index contributed by atoms with van der Waals surface area (Å²) < 4.78 is 5.61. The van der Waals surface area contributed by atoms with E-state index in [0.717, 1.165) is 42.4 Å². The van der Waals surface area contributed by atoms with E-state index in [-0.39, 0.29) is 29.9 Å². The first-order chi connectivity index (χ1) is 15.0. The molecule has 0 saturated heterocycles. The summed E-state index contributed by atoms with van der Waals surface area (Å²) in [6.45, 7) is 7.51. The molecule has 170 valence electrons. The molecule has 8 heteroatoms. The average Bonchev–Trinajstić information content (AvgIpc) is 3.22. The number of nitrogens with one attached hydrogen (secondary N) is 3. The smallest absolute Gasteiger partial charge is 0.226 e.